The molecule has 1 aliphatic rings. The van der Waals surface area contributed by atoms with Crippen LogP contribution in [0.5, 0.6) is 0 Å². The first-order valence-electron chi connectivity index (χ1n) is 6.89. The summed E-state index contributed by atoms with van der Waals surface area (Å²) in [6.45, 7) is 5.27. The lowest BCUT2D eigenvalue weighted by molar-refractivity contribution is 0.426. The molecule has 7 heteroatoms. The lowest BCUT2D eigenvalue weighted by atomic mass is 10.0. The lowest BCUT2D eigenvalue weighted by Gasteiger charge is -2.24. The normalized spacial score (nSPS) is 18.6. The molecule has 2 N–H and O–H groups in total. The molecule has 0 aliphatic heterocycles. The van der Waals surface area contributed by atoms with Crippen molar-refractivity contribution in [2.75, 3.05) is 6.54 Å². The van der Waals surface area contributed by atoms with Gasteiger partial charge < -0.3 is 9.73 Å². The van der Waals surface area contributed by atoms with Crippen molar-refractivity contribution in [1.29, 1.82) is 0 Å². The third-order valence-corrected chi connectivity index (χ3v) is 6.13. The molecule has 1 aliphatic carbocycles. The van der Waals surface area contributed by atoms with Crippen LogP contribution in [-0.2, 0) is 16.6 Å². The average Bonchev–Trinajstić information content (AvgIpc) is 2.93. The van der Waals surface area contributed by atoms with E-state index in [0.29, 0.717) is 12.3 Å². The fourth-order valence-electron chi connectivity index (χ4n) is 2.55. The Labute approximate surface area is 128 Å². The van der Waals surface area contributed by atoms with Crippen LogP contribution in [0.3, 0.4) is 0 Å². The van der Waals surface area contributed by atoms with Crippen LogP contribution in [0.15, 0.2) is 20.0 Å². The summed E-state index contributed by atoms with van der Waals surface area (Å²) in [4.78, 5) is 0.179. The summed E-state index contributed by atoms with van der Waals surface area (Å²) in [5.74, 6) is 0.607. The van der Waals surface area contributed by atoms with Crippen LogP contribution in [0.1, 0.15) is 45.3 Å². The van der Waals surface area contributed by atoms with Gasteiger partial charge in [-0.05, 0) is 42.2 Å². The van der Waals surface area contributed by atoms with Crippen molar-refractivity contribution in [3.8, 4) is 0 Å². The molecule has 0 radical (unpaired) electrons. The van der Waals surface area contributed by atoms with Crippen LogP contribution in [0.4, 0.5) is 0 Å². The first-order valence-corrected chi connectivity index (χ1v) is 9.17. The van der Waals surface area contributed by atoms with Crippen molar-refractivity contribution in [2.45, 2.75) is 56.5 Å². The van der Waals surface area contributed by atoms with Gasteiger partial charge in [-0.1, -0.05) is 19.8 Å². The van der Waals surface area contributed by atoms with E-state index in [4.69, 9.17) is 4.42 Å². The molecular weight excluding hydrogens is 344 g/mol. The number of hydrogen-bond acceptors (Lipinski definition) is 4. The van der Waals surface area contributed by atoms with Gasteiger partial charge in [0.15, 0.2) is 4.67 Å². The number of halogens is 1. The molecule has 20 heavy (non-hydrogen) atoms. The van der Waals surface area contributed by atoms with Crippen molar-refractivity contribution >= 4 is 26.0 Å². The van der Waals surface area contributed by atoms with Crippen LogP contribution in [-0.4, -0.2) is 20.5 Å². The van der Waals surface area contributed by atoms with Gasteiger partial charge in [0, 0.05) is 11.6 Å². The topological polar surface area (TPSA) is 71.3 Å². The van der Waals surface area contributed by atoms with Gasteiger partial charge in [0.25, 0.3) is 0 Å². The Kier molecular flexibility index (Phi) is 4.94. The molecule has 114 valence electrons. The second-order valence-electron chi connectivity index (χ2n) is 5.50. The van der Waals surface area contributed by atoms with E-state index in [1.165, 1.54) is 0 Å². The van der Waals surface area contributed by atoms with Gasteiger partial charge >= 0.3 is 0 Å². The van der Waals surface area contributed by atoms with Gasteiger partial charge in [0.1, 0.15) is 10.7 Å². The monoisotopic (exact) mass is 364 g/mol. The predicted molar refractivity (Wildman–Crippen MR) is 81.0 cm³/mol. The summed E-state index contributed by atoms with van der Waals surface area (Å²) in [6.07, 6.45) is 3.90. The molecule has 0 bridgehead atoms. The SMILES string of the molecule is CCNCc1cc(S(=O)(=O)NC2(C)CCCC2)c(Br)o1. The first kappa shape index (κ1) is 16.0. The molecule has 2 rings (SSSR count). The number of rotatable bonds is 6. The lowest BCUT2D eigenvalue weighted by Crippen LogP contribution is -2.43. The molecule has 0 unspecified atom stereocenters. The first-order chi connectivity index (χ1) is 9.36. The zero-order valence-electron chi connectivity index (χ0n) is 11.8. The minimum atomic E-state index is -3.56. The van der Waals surface area contributed by atoms with Crippen LogP contribution in [0, 0.1) is 0 Å². The van der Waals surface area contributed by atoms with E-state index >= 15 is 0 Å². The van der Waals surface area contributed by atoms with Crippen LogP contribution in [0.25, 0.3) is 0 Å². The highest BCUT2D eigenvalue weighted by molar-refractivity contribution is 9.10. The zero-order chi connectivity index (χ0) is 14.8. The van der Waals surface area contributed by atoms with Crippen molar-refractivity contribution in [3.05, 3.63) is 16.5 Å². The molecule has 1 aromatic heterocycles. The van der Waals surface area contributed by atoms with E-state index in [1.54, 1.807) is 6.07 Å². The summed E-state index contributed by atoms with van der Waals surface area (Å²) in [6, 6.07) is 1.58. The van der Waals surface area contributed by atoms with Gasteiger partial charge in [-0.3, -0.25) is 0 Å². The molecule has 1 aromatic rings. The van der Waals surface area contributed by atoms with Gasteiger partial charge in [0.2, 0.25) is 10.0 Å². The summed E-state index contributed by atoms with van der Waals surface area (Å²) in [5.41, 5.74) is -0.336. The number of hydrogen-bond donors (Lipinski definition) is 2. The zero-order valence-corrected chi connectivity index (χ0v) is 14.2. The molecular formula is C13H21BrN2O3S. The van der Waals surface area contributed by atoms with Gasteiger partial charge in [-0.15, -0.1) is 0 Å². The van der Waals surface area contributed by atoms with Crippen LogP contribution < -0.4 is 10.0 Å². The molecule has 0 aromatic carbocycles. The van der Waals surface area contributed by atoms with Crippen molar-refractivity contribution in [3.63, 3.8) is 0 Å². The quantitative estimate of drug-likeness (QED) is 0.813. The highest BCUT2D eigenvalue weighted by Crippen LogP contribution is 2.33. The fraction of sp³-hybridized carbons (Fsp3) is 0.692. The summed E-state index contributed by atoms with van der Waals surface area (Å²) >= 11 is 3.20. The van der Waals surface area contributed by atoms with Gasteiger partial charge in [-0.2, -0.15) is 0 Å². The Bertz CT molecular complexity index is 562. The Balaban J connectivity index is 2.18. The Morgan fingerprint density at radius 3 is 2.65 bits per heavy atom. The fourth-order valence-corrected chi connectivity index (χ4v) is 5.02. The second kappa shape index (κ2) is 6.17. The maximum atomic E-state index is 12.5. The largest absolute Gasteiger partial charge is 0.452 e. The molecule has 0 saturated heterocycles. The smallest absolute Gasteiger partial charge is 0.245 e. The van der Waals surface area contributed by atoms with E-state index in [0.717, 1.165) is 32.2 Å². The van der Waals surface area contributed by atoms with Crippen molar-refractivity contribution < 1.29 is 12.8 Å². The van der Waals surface area contributed by atoms with Gasteiger partial charge in [0.05, 0.1) is 6.54 Å². The van der Waals surface area contributed by atoms with Crippen LogP contribution in [0.2, 0.25) is 0 Å². The third-order valence-electron chi connectivity index (χ3n) is 3.63. The van der Waals surface area contributed by atoms with E-state index in [2.05, 4.69) is 26.0 Å². The molecule has 5 nitrogen and oxygen atoms in total. The highest BCUT2D eigenvalue weighted by atomic mass is 79.9. The summed E-state index contributed by atoms with van der Waals surface area (Å²) in [5, 5.41) is 3.11. The third kappa shape index (κ3) is 3.63. The number of furan rings is 1. The Morgan fingerprint density at radius 1 is 1.40 bits per heavy atom. The maximum absolute atomic E-state index is 12.5. The second-order valence-corrected chi connectivity index (χ2v) is 7.88. The summed E-state index contributed by atoms with van der Waals surface area (Å²) < 4.78 is 33.5. The van der Waals surface area contributed by atoms with E-state index in [-0.39, 0.29) is 15.1 Å². The van der Waals surface area contributed by atoms with Crippen LogP contribution >= 0.6 is 15.9 Å². The molecule has 1 saturated carbocycles. The predicted octanol–water partition coefficient (Wildman–Crippen LogP) is 2.76. The molecule has 0 amide bonds. The minimum Gasteiger partial charge on any atom is -0.452 e. The van der Waals surface area contributed by atoms with Gasteiger partial charge in [-0.25, -0.2) is 13.1 Å². The van der Waals surface area contributed by atoms with Crippen molar-refractivity contribution in [1.82, 2.24) is 10.0 Å². The molecule has 1 fully saturated rings. The highest BCUT2D eigenvalue weighted by Gasteiger charge is 2.35. The molecule has 0 atom stereocenters. The molecule has 1 heterocycles. The van der Waals surface area contributed by atoms with E-state index in [1.807, 2.05) is 13.8 Å². The Morgan fingerprint density at radius 2 is 2.05 bits per heavy atom. The number of sulfonamides is 1. The maximum Gasteiger partial charge on any atom is 0.245 e. The van der Waals surface area contributed by atoms with E-state index < -0.39 is 10.0 Å². The Hall–Kier alpha value is -0.370. The standard InChI is InChI=1S/C13H21BrN2O3S/c1-3-15-9-10-8-11(12(14)19-10)20(17,18)16-13(2)6-4-5-7-13/h8,15-16H,3-7,9H2,1-2H3. The molecule has 0 spiro atoms. The average molecular weight is 365 g/mol. The summed E-state index contributed by atoms with van der Waals surface area (Å²) in [7, 11) is -3.56. The number of nitrogens with one attached hydrogen (secondary N) is 2. The van der Waals surface area contributed by atoms with Crippen molar-refractivity contribution in [2.24, 2.45) is 0 Å². The minimum absolute atomic E-state index is 0.179. The van der Waals surface area contributed by atoms with E-state index in [9.17, 15) is 8.42 Å².